The molecule has 10 heteroatoms. The topological polar surface area (TPSA) is 112 Å². The Kier molecular flexibility index (Phi) is 5.02. The molecule has 1 aliphatic carbocycles. The van der Waals surface area contributed by atoms with Crippen LogP contribution in [0.1, 0.15) is 24.2 Å². The Morgan fingerprint density at radius 2 is 1.93 bits per heavy atom. The van der Waals surface area contributed by atoms with E-state index in [9.17, 15) is 28.2 Å². The number of sulfonamides is 1. The van der Waals surface area contributed by atoms with Gasteiger partial charge < -0.3 is 10.2 Å². The summed E-state index contributed by atoms with van der Waals surface area (Å²) in [6.07, 6.45) is 1.32. The molecule has 28 heavy (non-hydrogen) atoms. The fourth-order valence-corrected chi connectivity index (χ4v) is 5.99. The number of alkyl halides is 1. The number of carbonyl (C=O) groups excluding carboxylic acids is 1. The molecule has 1 heterocycles. The van der Waals surface area contributed by atoms with Crippen molar-refractivity contribution in [1.29, 1.82) is 0 Å². The van der Waals surface area contributed by atoms with Gasteiger partial charge >= 0.3 is 5.97 Å². The molecule has 3 rings (SSSR count). The van der Waals surface area contributed by atoms with Crippen molar-refractivity contribution < 1.29 is 28.2 Å². The van der Waals surface area contributed by atoms with E-state index in [1.54, 1.807) is 13.8 Å². The Labute approximate surface area is 171 Å². The Hall–Kier alpha value is -2.03. The largest absolute Gasteiger partial charge is 0.510 e. The van der Waals surface area contributed by atoms with E-state index in [2.05, 4.69) is 0 Å². The van der Waals surface area contributed by atoms with Crippen LogP contribution >= 0.6 is 23.2 Å². The van der Waals surface area contributed by atoms with Crippen molar-refractivity contribution in [1.82, 2.24) is 4.31 Å². The van der Waals surface area contributed by atoms with Gasteiger partial charge in [0.05, 0.1) is 12.1 Å². The zero-order chi connectivity index (χ0) is 21.0. The fourth-order valence-electron chi connectivity index (χ4n) is 3.41. The number of carbonyl (C=O) groups is 2. The minimum Gasteiger partial charge on any atom is -0.510 e. The molecule has 2 N–H and O–H groups in total. The number of aliphatic hydroxyl groups is 1. The maximum Gasteiger partial charge on any atom is 0.314 e. The van der Waals surface area contributed by atoms with Crippen molar-refractivity contribution in [3.8, 4) is 0 Å². The standard InChI is InChI=1S/C18H17Cl2NO6S/c1-9(2)11-7-12(19)14(17(24)25)18(20,15(11)22)8-21-16(23)10-5-3-4-6-13(10)28(21,26)27/h3-7,9,14,22H,8H2,1-2H3,(H,24,25). The number of aliphatic carboxylic acids is 1. The normalized spacial score (nSPS) is 26.5. The number of aliphatic hydroxyl groups excluding tert-OH is 1. The molecule has 150 valence electrons. The summed E-state index contributed by atoms with van der Waals surface area (Å²) in [6.45, 7) is 2.68. The second-order valence-corrected chi connectivity index (χ2v) is 9.88. The number of hydrogen-bond donors (Lipinski definition) is 2. The molecule has 2 unspecified atom stereocenters. The fraction of sp³-hybridized carbons (Fsp3) is 0.333. The number of carboxylic acid groups (broad SMARTS) is 1. The van der Waals surface area contributed by atoms with Crippen LogP contribution in [-0.2, 0) is 14.8 Å². The predicted octanol–water partition coefficient (Wildman–Crippen LogP) is 3.11. The highest BCUT2D eigenvalue weighted by Gasteiger charge is 2.55. The van der Waals surface area contributed by atoms with Gasteiger partial charge in [-0.25, -0.2) is 12.7 Å². The average Bonchev–Trinajstić information content (AvgIpc) is 2.79. The molecule has 0 radical (unpaired) electrons. The summed E-state index contributed by atoms with van der Waals surface area (Å²) in [5.74, 6) is -4.72. The summed E-state index contributed by atoms with van der Waals surface area (Å²) in [5.41, 5.74) is 0.235. The molecule has 0 bridgehead atoms. The van der Waals surface area contributed by atoms with Crippen LogP contribution in [0.4, 0.5) is 0 Å². The first-order chi connectivity index (χ1) is 12.9. The number of nitrogens with zero attached hydrogens (tertiary/aromatic N) is 1. The summed E-state index contributed by atoms with van der Waals surface area (Å²) < 4.78 is 26.2. The minimum atomic E-state index is -4.25. The number of fused-ring (bicyclic) bond motifs is 1. The summed E-state index contributed by atoms with van der Waals surface area (Å²) in [6, 6.07) is 5.62. The molecule has 2 atom stereocenters. The number of carboxylic acids is 1. The van der Waals surface area contributed by atoms with Crippen molar-refractivity contribution in [2.24, 2.45) is 11.8 Å². The van der Waals surface area contributed by atoms with Crippen LogP contribution in [0.3, 0.4) is 0 Å². The van der Waals surface area contributed by atoms with Gasteiger partial charge in [-0.1, -0.05) is 37.6 Å². The van der Waals surface area contributed by atoms with Gasteiger partial charge in [-0.3, -0.25) is 9.59 Å². The molecule has 1 aromatic carbocycles. The van der Waals surface area contributed by atoms with Gasteiger partial charge in [0.1, 0.15) is 21.4 Å². The third kappa shape index (κ3) is 2.91. The van der Waals surface area contributed by atoms with Gasteiger partial charge in [0.2, 0.25) is 0 Å². The van der Waals surface area contributed by atoms with Gasteiger partial charge in [-0.05, 0) is 29.7 Å². The molecule has 0 saturated carbocycles. The van der Waals surface area contributed by atoms with E-state index in [-0.39, 0.29) is 27.0 Å². The molecule has 0 saturated heterocycles. The lowest BCUT2D eigenvalue weighted by molar-refractivity contribution is -0.141. The Balaban J connectivity index is 2.15. The van der Waals surface area contributed by atoms with Crippen molar-refractivity contribution in [2.75, 3.05) is 6.54 Å². The summed E-state index contributed by atoms with van der Waals surface area (Å²) in [4.78, 5) is 22.2. The summed E-state index contributed by atoms with van der Waals surface area (Å²) in [5, 5.41) is 20.3. The van der Waals surface area contributed by atoms with Crippen LogP contribution in [0.2, 0.25) is 0 Å². The first-order valence-corrected chi connectivity index (χ1v) is 10.5. The minimum absolute atomic E-state index is 0.0420. The number of benzene rings is 1. The molecule has 1 amide bonds. The van der Waals surface area contributed by atoms with E-state index in [4.69, 9.17) is 23.2 Å². The smallest absolute Gasteiger partial charge is 0.314 e. The quantitative estimate of drug-likeness (QED) is 0.688. The van der Waals surface area contributed by atoms with Gasteiger partial charge in [0.15, 0.2) is 0 Å². The SMILES string of the molecule is CC(C)C1=C(O)C(Cl)(CN2C(=O)c3ccccc3S2(=O)=O)C(C(=O)O)C(Cl)=C1. The number of allylic oxidation sites excluding steroid dienone is 2. The molecule has 1 aromatic rings. The molecule has 0 aromatic heterocycles. The van der Waals surface area contributed by atoms with E-state index in [0.717, 1.165) is 0 Å². The maximum absolute atomic E-state index is 12.8. The Morgan fingerprint density at radius 1 is 1.32 bits per heavy atom. The molecule has 7 nitrogen and oxygen atoms in total. The van der Waals surface area contributed by atoms with Crippen molar-refractivity contribution >= 4 is 45.1 Å². The van der Waals surface area contributed by atoms with E-state index in [0.29, 0.717) is 4.31 Å². The third-order valence-electron chi connectivity index (χ3n) is 4.85. The molecule has 2 aliphatic rings. The number of hydrogen-bond acceptors (Lipinski definition) is 5. The highest BCUT2D eigenvalue weighted by Crippen LogP contribution is 2.47. The van der Waals surface area contributed by atoms with Crippen LogP contribution in [0.5, 0.6) is 0 Å². The number of rotatable bonds is 4. The predicted molar refractivity (Wildman–Crippen MR) is 103 cm³/mol. The molecular formula is C18H17Cl2NO6S. The highest BCUT2D eigenvalue weighted by atomic mass is 35.5. The van der Waals surface area contributed by atoms with Crippen LogP contribution < -0.4 is 0 Å². The molecule has 0 spiro atoms. The first kappa shape index (κ1) is 20.7. The second-order valence-electron chi connectivity index (χ2n) is 6.93. The Bertz CT molecular complexity index is 1050. The average molecular weight is 446 g/mol. The van der Waals surface area contributed by atoms with E-state index >= 15 is 0 Å². The lowest BCUT2D eigenvalue weighted by atomic mass is 9.80. The zero-order valence-corrected chi connectivity index (χ0v) is 17.2. The van der Waals surface area contributed by atoms with Crippen LogP contribution in [0.25, 0.3) is 0 Å². The number of halogens is 2. The lowest BCUT2D eigenvalue weighted by Crippen LogP contribution is -2.52. The van der Waals surface area contributed by atoms with Gasteiger partial charge in [-0.15, -0.1) is 11.6 Å². The van der Waals surface area contributed by atoms with Gasteiger partial charge in [0.25, 0.3) is 15.9 Å². The maximum atomic E-state index is 12.8. The monoisotopic (exact) mass is 445 g/mol. The highest BCUT2D eigenvalue weighted by molar-refractivity contribution is 7.90. The molecular weight excluding hydrogens is 429 g/mol. The van der Waals surface area contributed by atoms with Gasteiger partial charge in [-0.2, -0.15) is 0 Å². The van der Waals surface area contributed by atoms with Crippen LogP contribution in [0.15, 0.2) is 51.6 Å². The summed E-state index contributed by atoms with van der Waals surface area (Å²) in [7, 11) is -4.25. The first-order valence-electron chi connectivity index (χ1n) is 8.31. The zero-order valence-electron chi connectivity index (χ0n) is 14.9. The van der Waals surface area contributed by atoms with Crippen molar-refractivity contribution in [3.63, 3.8) is 0 Å². The molecule has 1 aliphatic heterocycles. The van der Waals surface area contributed by atoms with Crippen molar-refractivity contribution in [2.45, 2.75) is 23.6 Å². The van der Waals surface area contributed by atoms with Crippen molar-refractivity contribution in [3.05, 3.63) is 52.3 Å². The third-order valence-corrected chi connectivity index (χ3v) is 7.48. The van der Waals surface area contributed by atoms with Crippen LogP contribution in [0, 0.1) is 11.8 Å². The van der Waals surface area contributed by atoms with E-state index < -0.39 is 45.0 Å². The lowest BCUT2D eigenvalue weighted by Gasteiger charge is -2.38. The number of amides is 1. The second kappa shape index (κ2) is 6.79. The molecule has 0 fully saturated rings. The Morgan fingerprint density at radius 3 is 2.46 bits per heavy atom. The van der Waals surface area contributed by atoms with E-state index in [1.165, 1.54) is 30.3 Å². The van der Waals surface area contributed by atoms with Crippen LogP contribution in [-0.4, -0.2) is 46.2 Å². The summed E-state index contributed by atoms with van der Waals surface area (Å²) >= 11 is 12.7. The van der Waals surface area contributed by atoms with E-state index in [1.807, 2.05) is 0 Å². The van der Waals surface area contributed by atoms with Gasteiger partial charge in [0, 0.05) is 5.03 Å².